The second kappa shape index (κ2) is 4.68. The SMILES string of the molecule is CSc1cc(C(C)(C)C)c(C)c(C(C)(C)C)c1. The van der Waals surface area contributed by atoms with Gasteiger partial charge in [-0.2, -0.15) is 0 Å². The molecule has 17 heavy (non-hydrogen) atoms. The van der Waals surface area contributed by atoms with E-state index in [1.54, 1.807) is 0 Å². The smallest absolute Gasteiger partial charge is 0.00752 e. The zero-order valence-corrected chi connectivity index (χ0v) is 13.4. The van der Waals surface area contributed by atoms with E-state index in [2.05, 4.69) is 66.9 Å². The van der Waals surface area contributed by atoms with Gasteiger partial charge in [0.1, 0.15) is 0 Å². The van der Waals surface area contributed by atoms with Gasteiger partial charge in [0.2, 0.25) is 0 Å². The van der Waals surface area contributed by atoms with E-state index in [9.17, 15) is 0 Å². The highest BCUT2D eigenvalue weighted by Gasteiger charge is 2.24. The Morgan fingerprint density at radius 3 is 1.41 bits per heavy atom. The van der Waals surface area contributed by atoms with E-state index in [0.29, 0.717) is 0 Å². The quantitative estimate of drug-likeness (QED) is 0.608. The maximum atomic E-state index is 2.36. The van der Waals surface area contributed by atoms with Gasteiger partial charge < -0.3 is 0 Å². The molecule has 0 spiro atoms. The molecule has 0 heterocycles. The minimum atomic E-state index is 0.218. The Kier molecular flexibility index (Phi) is 4.03. The molecule has 0 bridgehead atoms. The van der Waals surface area contributed by atoms with Crippen molar-refractivity contribution in [2.75, 3.05) is 6.26 Å². The summed E-state index contributed by atoms with van der Waals surface area (Å²) >= 11 is 1.84. The molecule has 0 amide bonds. The minimum Gasteiger partial charge on any atom is -0.130 e. The average molecular weight is 250 g/mol. The third-order valence-corrected chi connectivity index (χ3v) is 3.94. The molecular formula is C16H26S. The number of thioether (sulfide) groups is 1. The van der Waals surface area contributed by atoms with Crippen molar-refractivity contribution in [2.45, 2.75) is 64.2 Å². The molecule has 0 unspecified atom stereocenters. The fourth-order valence-electron chi connectivity index (χ4n) is 2.36. The van der Waals surface area contributed by atoms with Gasteiger partial charge in [0, 0.05) is 4.90 Å². The van der Waals surface area contributed by atoms with Crippen LogP contribution in [0.4, 0.5) is 0 Å². The first-order chi connectivity index (χ1) is 7.57. The monoisotopic (exact) mass is 250 g/mol. The van der Waals surface area contributed by atoms with Gasteiger partial charge in [-0.3, -0.25) is 0 Å². The van der Waals surface area contributed by atoms with Crippen molar-refractivity contribution in [3.05, 3.63) is 28.8 Å². The van der Waals surface area contributed by atoms with E-state index in [4.69, 9.17) is 0 Å². The highest BCUT2D eigenvalue weighted by Crippen LogP contribution is 2.36. The predicted molar refractivity (Wildman–Crippen MR) is 80.4 cm³/mol. The molecule has 1 aromatic rings. The second-order valence-electron chi connectivity index (χ2n) is 6.85. The van der Waals surface area contributed by atoms with Crippen LogP contribution in [0.3, 0.4) is 0 Å². The summed E-state index contributed by atoms with van der Waals surface area (Å²) in [5, 5.41) is 0. The van der Waals surface area contributed by atoms with Gasteiger partial charge in [-0.05, 0) is 52.8 Å². The van der Waals surface area contributed by atoms with Crippen LogP contribution in [0.5, 0.6) is 0 Å². The number of hydrogen-bond donors (Lipinski definition) is 0. The van der Waals surface area contributed by atoms with Crippen LogP contribution in [-0.4, -0.2) is 6.26 Å². The third-order valence-electron chi connectivity index (χ3n) is 3.23. The van der Waals surface area contributed by atoms with E-state index in [-0.39, 0.29) is 10.8 Å². The molecule has 0 fully saturated rings. The first kappa shape index (κ1) is 14.6. The summed E-state index contributed by atoms with van der Waals surface area (Å²) in [7, 11) is 0. The average Bonchev–Trinajstić information content (AvgIpc) is 2.14. The Balaban J connectivity index is 3.53. The lowest BCUT2D eigenvalue weighted by Gasteiger charge is -2.29. The molecule has 0 nitrogen and oxygen atoms in total. The molecule has 1 rings (SSSR count). The molecule has 0 N–H and O–H groups in total. The van der Waals surface area contributed by atoms with E-state index < -0.39 is 0 Å². The molecule has 0 atom stereocenters. The number of benzene rings is 1. The normalized spacial score (nSPS) is 12.9. The van der Waals surface area contributed by atoms with Gasteiger partial charge in [0.05, 0.1) is 0 Å². The van der Waals surface area contributed by atoms with Crippen molar-refractivity contribution < 1.29 is 0 Å². The molecule has 96 valence electrons. The van der Waals surface area contributed by atoms with Gasteiger partial charge in [0.15, 0.2) is 0 Å². The van der Waals surface area contributed by atoms with Crippen LogP contribution in [0.15, 0.2) is 17.0 Å². The zero-order chi connectivity index (χ0) is 13.4. The standard InChI is InChI=1S/C16H26S/c1-11-13(15(2,3)4)9-12(17-8)10-14(11)16(5,6)7/h9-10H,1-8H3. The molecule has 0 aliphatic carbocycles. The lowest BCUT2D eigenvalue weighted by Crippen LogP contribution is -2.19. The zero-order valence-electron chi connectivity index (χ0n) is 12.6. The van der Waals surface area contributed by atoms with E-state index in [1.807, 2.05) is 11.8 Å². The maximum absolute atomic E-state index is 2.36. The molecule has 0 radical (unpaired) electrons. The van der Waals surface area contributed by atoms with E-state index in [1.165, 1.54) is 21.6 Å². The van der Waals surface area contributed by atoms with Gasteiger partial charge in [-0.15, -0.1) is 11.8 Å². The third kappa shape index (κ3) is 3.28. The molecular weight excluding hydrogens is 224 g/mol. The molecule has 0 aromatic heterocycles. The topological polar surface area (TPSA) is 0 Å². The fourth-order valence-corrected chi connectivity index (χ4v) is 2.84. The highest BCUT2D eigenvalue weighted by molar-refractivity contribution is 7.98. The van der Waals surface area contributed by atoms with Crippen LogP contribution in [0.25, 0.3) is 0 Å². The summed E-state index contributed by atoms with van der Waals surface area (Å²) in [4.78, 5) is 1.38. The Morgan fingerprint density at radius 1 is 0.824 bits per heavy atom. The van der Waals surface area contributed by atoms with Crippen LogP contribution < -0.4 is 0 Å². The molecule has 0 saturated heterocycles. The first-order valence-corrected chi connectivity index (χ1v) is 7.49. The summed E-state index contributed by atoms with van der Waals surface area (Å²) in [6, 6.07) is 4.71. The summed E-state index contributed by atoms with van der Waals surface area (Å²) in [5.41, 5.74) is 4.86. The largest absolute Gasteiger partial charge is 0.130 e. The maximum Gasteiger partial charge on any atom is 0.00752 e. The van der Waals surface area contributed by atoms with Crippen molar-refractivity contribution in [1.29, 1.82) is 0 Å². The number of hydrogen-bond acceptors (Lipinski definition) is 1. The van der Waals surface area contributed by atoms with Crippen LogP contribution in [-0.2, 0) is 10.8 Å². The Hall–Kier alpha value is -0.430. The molecule has 0 aliphatic heterocycles. The second-order valence-corrected chi connectivity index (χ2v) is 7.73. The van der Waals surface area contributed by atoms with Crippen LogP contribution >= 0.6 is 11.8 Å². The van der Waals surface area contributed by atoms with Crippen LogP contribution in [0, 0.1) is 6.92 Å². The molecule has 1 aromatic carbocycles. The Morgan fingerprint density at radius 2 is 1.18 bits per heavy atom. The van der Waals surface area contributed by atoms with Crippen molar-refractivity contribution >= 4 is 11.8 Å². The van der Waals surface area contributed by atoms with Gasteiger partial charge in [-0.1, -0.05) is 41.5 Å². The van der Waals surface area contributed by atoms with E-state index in [0.717, 1.165) is 0 Å². The van der Waals surface area contributed by atoms with Crippen molar-refractivity contribution in [2.24, 2.45) is 0 Å². The summed E-state index contributed by atoms with van der Waals surface area (Å²) in [5.74, 6) is 0. The highest BCUT2D eigenvalue weighted by atomic mass is 32.2. The summed E-state index contributed by atoms with van der Waals surface area (Å²) in [6.07, 6.45) is 2.16. The van der Waals surface area contributed by atoms with Crippen molar-refractivity contribution in [3.63, 3.8) is 0 Å². The van der Waals surface area contributed by atoms with Crippen molar-refractivity contribution in [3.8, 4) is 0 Å². The van der Waals surface area contributed by atoms with Crippen molar-refractivity contribution in [1.82, 2.24) is 0 Å². The van der Waals surface area contributed by atoms with E-state index >= 15 is 0 Å². The predicted octanol–water partition coefficient (Wildman–Crippen LogP) is 5.31. The number of rotatable bonds is 1. The molecule has 0 aliphatic rings. The fraction of sp³-hybridized carbons (Fsp3) is 0.625. The summed E-state index contributed by atoms with van der Waals surface area (Å²) < 4.78 is 0. The Labute approximate surface area is 111 Å². The lowest BCUT2D eigenvalue weighted by atomic mass is 9.77. The summed E-state index contributed by atoms with van der Waals surface area (Å²) in [6.45, 7) is 16.1. The molecule has 0 saturated carbocycles. The van der Waals surface area contributed by atoms with Gasteiger partial charge in [-0.25, -0.2) is 0 Å². The van der Waals surface area contributed by atoms with Crippen LogP contribution in [0.1, 0.15) is 58.2 Å². The lowest BCUT2D eigenvalue weighted by molar-refractivity contribution is 0.558. The van der Waals surface area contributed by atoms with Gasteiger partial charge >= 0.3 is 0 Å². The molecule has 1 heteroatoms. The Bertz CT molecular complexity index is 368. The minimum absolute atomic E-state index is 0.218. The van der Waals surface area contributed by atoms with Gasteiger partial charge in [0.25, 0.3) is 0 Å². The van der Waals surface area contributed by atoms with Crippen LogP contribution in [0.2, 0.25) is 0 Å². The first-order valence-electron chi connectivity index (χ1n) is 6.27.